The maximum absolute atomic E-state index is 11.6. The largest absolute Gasteiger partial charge is 0.384 e. The van der Waals surface area contributed by atoms with Crippen LogP contribution in [0.3, 0.4) is 0 Å². The molecule has 0 bridgehead atoms. The van der Waals surface area contributed by atoms with E-state index >= 15 is 0 Å². The van der Waals surface area contributed by atoms with E-state index in [1.54, 1.807) is 11.1 Å². The Morgan fingerprint density at radius 2 is 2.05 bits per heavy atom. The lowest BCUT2D eigenvalue weighted by atomic mass is 10.2. The van der Waals surface area contributed by atoms with Crippen molar-refractivity contribution in [3.05, 3.63) is 18.7 Å². The van der Waals surface area contributed by atoms with Crippen LogP contribution in [0.4, 0.5) is 0 Å². The molecule has 106 valence electrons. The Hall–Kier alpha value is -1.40. The molecule has 1 saturated heterocycles. The minimum absolute atomic E-state index is 0.155. The summed E-state index contributed by atoms with van der Waals surface area (Å²) in [7, 11) is 0. The van der Waals surface area contributed by atoms with Crippen molar-refractivity contribution in [2.24, 2.45) is 0 Å². The van der Waals surface area contributed by atoms with Crippen LogP contribution in [0.15, 0.2) is 18.7 Å². The minimum atomic E-state index is -0.882. The third kappa shape index (κ3) is 4.04. The second-order valence-electron chi connectivity index (χ2n) is 5.00. The molecule has 1 fully saturated rings. The van der Waals surface area contributed by atoms with Gasteiger partial charge in [-0.15, -0.1) is 0 Å². The number of aryl methyl sites for hydroxylation is 1. The maximum Gasteiger partial charge on any atom is 0.251 e. The van der Waals surface area contributed by atoms with Gasteiger partial charge in [0.15, 0.2) is 0 Å². The van der Waals surface area contributed by atoms with Crippen LogP contribution in [0.5, 0.6) is 0 Å². The van der Waals surface area contributed by atoms with Crippen molar-refractivity contribution in [2.45, 2.75) is 26.0 Å². The fourth-order valence-electron chi connectivity index (χ4n) is 2.35. The van der Waals surface area contributed by atoms with Gasteiger partial charge in [-0.05, 0) is 19.9 Å². The van der Waals surface area contributed by atoms with E-state index in [1.165, 1.54) is 6.92 Å². The van der Waals surface area contributed by atoms with Crippen molar-refractivity contribution < 1.29 is 9.90 Å². The molecule has 0 saturated carbocycles. The van der Waals surface area contributed by atoms with Gasteiger partial charge in [0.25, 0.3) is 5.91 Å². The number of piperazine rings is 1. The van der Waals surface area contributed by atoms with Crippen LogP contribution < -0.4 is 0 Å². The number of hydrogen-bond donors (Lipinski definition) is 1. The Morgan fingerprint density at radius 1 is 1.32 bits per heavy atom. The van der Waals surface area contributed by atoms with Gasteiger partial charge in [0.2, 0.25) is 0 Å². The molecule has 2 rings (SSSR count). The molecule has 6 nitrogen and oxygen atoms in total. The monoisotopic (exact) mass is 266 g/mol. The van der Waals surface area contributed by atoms with E-state index in [0.29, 0.717) is 0 Å². The predicted molar refractivity (Wildman–Crippen MR) is 71.5 cm³/mol. The van der Waals surface area contributed by atoms with Crippen LogP contribution in [0.1, 0.15) is 13.3 Å². The van der Waals surface area contributed by atoms with Gasteiger partial charge in [-0.1, -0.05) is 0 Å². The number of hydrogen-bond acceptors (Lipinski definition) is 4. The summed E-state index contributed by atoms with van der Waals surface area (Å²) >= 11 is 0. The number of rotatable bonds is 5. The number of amides is 1. The van der Waals surface area contributed by atoms with E-state index in [-0.39, 0.29) is 5.91 Å². The molecule has 1 N–H and O–H groups in total. The lowest BCUT2D eigenvalue weighted by Gasteiger charge is -2.35. The van der Waals surface area contributed by atoms with E-state index in [1.807, 2.05) is 12.5 Å². The number of aliphatic hydroxyl groups excluding tert-OH is 1. The zero-order chi connectivity index (χ0) is 13.7. The summed E-state index contributed by atoms with van der Waals surface area (Å²) < 4.78 is 2.08. The van der Waals surface area contributed by atoms with E-state index in [2.05, 4.69) is 14.5 Å². The highest BCUT2D eigenvalue weighted by Crippen LogP contribution is 2.05. The van der Waals surface area contributed by atoms with Crippen molar-refractivity contribution in [3.63, 3.8) is 0 Å². The SMILES string of the molecule is CC(O)C(=O)N1CCN(CCCn2ccnc2)CC1. The van der Waals surface area contributed by atoms with Crippen molar-refractivity contribution in [1.82, 2.24) is 19.4 Å². The fraction of sp³-hybridized carbons (Fsp3) is 0.692. The molecular formula is C13H22N4O2. The molecule has 6 heteroatoms. The molecule has 0 spiro atoms. The van der Waals surface area contributed by atoms with Gasteiger partial charge in [-0.2, -0.15) is 0 Å². The van der Waals surface area contributed by atoms with Crippen LogP contribution in [0.2, 0.25) is 0 Å². The molecule has 1 unspecified atom stereocenters. The first-order chi connectivity index (χ1) is 9.16. The predicted octanol–water partition coefficient (Wildman–Crippen LogP) is -0.202. The van der Waals surface area contributed by atoms with Crippen LogP contribution >= 0.6 is 0 Å². The summed E-state index contributed by atoms with van der Waals surface area (Å²) in [5.74, 6) is -0.155. The van der Waals surface area contributed by atoms with E-state index in [4.69, 9.17) is 0 Å². The Morgan fingerprint density at radius 3 is 2.63 bits per heavy atom. The fourth-order valence-corrected chi connectivity index (χ4v) is 2.35. The third-order valence-corrected chi connectivity index (χ3v) is 3.49. The lowest BCUT2D eigenvalue weighted by Crippen LogP contribution is -2.51. The molecule has 1 aliphatic heterocycles. The molecule has 1 aliphatic rings. The summed E-state index contributed by atoms with van der Waals surface area (Å²) in [5.41, 5.74) is 0. The summed E-state index contributed by atoms with van der Waals surface area (Å²) in [6.45, 7) is 6.76. The number of imidazole rings is 1. The molecule has 1 atom stereocenters. The average Bonchev–Trinajstić information content (AvgIpc) is 2.92. The lowest BCUT2D eigenvalue weighted by molar-refractivity contribution is -0.141. The van der Waals surface area contributed by atoms with Crippen LogP contribution in [-0.4, -0.2) is 69.2 Å². The second kappa shape index (κ2) is 6.68. The van der Waals surface area contributed by atoms with Gasteiger partial charge in [0.05, 0.1) is 6.33 Å². The second-order valence-corrected chi connectivity index (χ2v) is 5.00. The Balaban J connectivity index is 1.65. The van der Waals surface area contributed by atoms with Gasteiger partial charge in [0, 0.05) is 45.1 Å². The highest BCUT2D eigenvalue weighted by Gasteiger charge is 2.23. The molecule has 1 aromatic heterocycles. The van der Waals surface area contributed by atoms with E-state index in [0.717, 1.165) is 45.7 Å². The van der Waals surface area contributed by atoms with Crippen molar-refractivity contribution in [3.8, 4) is 0 Å². The van der Waals surface area contributed by atoms with Crippen molar-refractivity contribution >= 4 is 5.91 Å². The molecule has 0 aliphatic carbocycles. The van der Waals surface area contributed by atoms with E-state index in [9.17, 15) is 9.90 Å². The van der Waals surface area contributed by atoms with Gasteiger partial charge >= 0.3 is 0 Å². The molecule has 19 heavy (non-hydrogen) atoms. The standard InChI is InChI=1S/C13H22N4O2/c1-12(18)13(19)17-9-7-15(8-10-17)4-2-5-16-6-3-14-11-16/h3,6,11-12,18H,2,4-5,7-10H2,1H3. The molecule has 0 aromatic carbocycles. The molecule has 2 heterocycles. The summed E-state index contributed by atoms with van der Waals surface area (Å²) in [6, 6.07) is 0. The highest BCUT2D eigenvalue weighted by molar-refractivity contribution is 5.80. The Bertz CT molecular complexity index is 383. The van der Waals surface area contributed by atoms with Crippen LogP contribution in [0.25, 0.3) is 0 Å². The minimum Gasteiger partial charge on any atom is -0.384 e. The topological polar surface area (TPSA) is 61.6 Å². The quantitative estimate of drug-likeness (QED) is 0.801. The number of aliphatic hydroxyl groups is 1. The number of aromatic nitrogens is 2. The van der Waals surface area contributed by atoms with Crippen LogP contribution in [-0.2, 0) is 11.3 Å². The summed E-state index contributed by atoms with van der Waals surface area (Å²) in [6.07, 6.45) is 5.80. The number of carbonyl (C=O) groups is 1. The smallest absolute Gasteiger partial charge is 0.251 e. The highest BCUT2D eigenvalue weighted by atomic mass is 16.3. The van der Waals surface area contributed by atoms with Gasteiger partial charge in [-0.25, -0.2) is 4.98 Å². The maximum atomic E-state index is 11.6. The zero-order valence-electron chi connectivity index (χ0n) is 11.4. The van der Waals surface area contributed by atoms with Crippen LogP contribution in [0, 0.1) is 0 Å². The first-order valence-corrected chi connectivity index (χ1v) is 6.82. The normalized spacial score (nSPS) is 18.5. The van der Waals surface area contributed by atoms with Crippen molar-refractivity contribution in [2.75, 3.05) is 32.7 Å². The molecule has 1 aromatic rings. The zero-order valence-corrected chi connectivity index (χ0v) is 11.4. The summed E-state index contributed by atoms with van der Waals surface area (Å²) in [5, 5.41) is 9.27. The average molecular weight is 266 g/mol. The summed E-state index contributed by atoms with van der Waals surface area (Å²) in [4.78, 5) is 19.7. The third-order valence-electron chi connectivity index (χ3n) is 3.49. The first-order valence-electron chi connectivity index (χ1n) is 6.82. The Kier molecular flexibility index (Phi) is 4.93. The van der Waals surface area contributed by atoms with Gasteiger partial charge < -0.3 is 14.6 Å². The number of carbonyl (C=O) groups excluding carboxylic acids is 1. The van der Waals surface area contributed by atoms with Gasteiger partial charge in [-0.3, -0.25) is 9.69 Å². The van der Waals surface area contributed by atoms with Gasteiger partial charge in [0.1, 0.15) is 6.10 Å². The first kappa shape index (κ1) is 14.0. The molecule has 0 radical (unpaired) electrons. The van der Waals surface area contributed by atoms with Crippen molar-refractivity contribution in [1.29, 1.82) is 0 Å². The Labute approximate surface area is 113 Å². The number of nitrogens with zero attached hydrogens (tertiary/aromatic N) is 4. The molecule has 1 amide bonds. The van der Waals surface area contributed by atoms with E-state index < -0.39 is 6.10 Å². The molecular weight excluding hydrogens is 244 g/mol.